The molecule has 0 saturated heterocycles. The third kappa shape index (κ3) is 2.14. The summed E-state index contributed by atoms with van der Waals surface area (Å²) in [5.74, 6) is 1.62. The van der Waals surface area contributed by atoms with Crippen LogP contribution in [0.3, 0.4) is 0 Å². The van der Waals surface area contributed by atoms with Crippen molar-refractivity contribution in [2.24, 2.45) is 0 Å². The van der Waals surface area contributed by atoms with Crippen LogP contribution in [0, 0.1) is 0 Å². The van der Waals surface area contributed by atoms with Gasteiger partial charge in [0, 0.05) is 5.56 Å². The minimum absolute atomic E-state index is 0.0792. The lowest BCUT2D eigenvalue weighted by Crippen LogP contribution is -2.26. The van der Waals surface area contributed by atoms with Gasteiger partial charge in [0.05, 0.1) is 5.69 Å². The van der Waals surface area contributed by atoms with Gasteiger partial charge in [0.2, 0.25) is 0 Å². The molecule has 3 heteroatoms. The van der Waals surface area contributed by atoms with Crippen LogP contribution in [-0.2, 0) is 4.79 Å². The molecule has 0 aromatic heterocycles. The summed E-state index contributed by atoms with van der Waals surface area (Å²) in [6.45, 7) is 8.78. The molecule has 0 atom stereocenters. The predicted molar refractivity (Wildman–Crippen MR) is 68.7 cm³/mol. The fraction of sp³-hybridized carbons (Fsp3) is 0.500. The zero-order chi connectivity index (χ0) is 12.6. The topological polar surface area (TPSA) is 38.3 Å². The summed E-state index contributed by atoms with van der Waals surface area (Å²) in [4.78, 5) is 11.3. The smallest absolute Gasteiger partial charge is 0.262 e. The number of rotatable bonds is 2. The number of hydrogen-bond donors (Lipinski definition) is 1. The van der Waals surface area contributed by atoms with Gasteiger partial charge in [-0.1, -0.05) is 33.8 Å². The lowest BCUT2D eigenvalue weighted by molar-refractivity contribution is -0.118. The normalized spacial score (nSPS) is 14.6. The monoisotopic (exact) mass is 233 g/mol. The SMILES string of the molecule is CC(C)c1ccc2c(c1C(C)C)OCC(=O)N2. The summed E-state index contributed by atoms with van der Waals surface area (Å²) in [7, 11) is 0. The fourth-order valence-electron chi connectivity index (χ4n) is 2.29. The number of fused-ring (bicyclic) bond motifs is 1. The average molecular weight is 233 g/mol. The molecular formula is C14H19NO2. The Balaban J connectivity index is 2.58. The second-order valence-electron chi connectivity index (χ2n) is 5.09. The molecule has 1 aromatic rings. The molecule has 1 N–H and O–H groups in total. The molecular weight excluding hydrogens is 214 g/mol. The number of carbonyl (C=O) groups is 1. The number of hydrogen-bond acceptors (Lipinski definition) is 2. The molecule has 3 nitrogen and oxygen atoms in total. The van der Waals surface area contributed by atoms with E-state index in [0.29, 0.717) is 11.8 Å². The second-order valence-corrected chi connectivity index (χ2v) is 5.09. The van der Waals surface area contributed by atoms with Crippen molar-refractivity contribution >= 4 is 11.6 Å². The van der Waals surface area contributed by atoms with Crippen LogP contribution < -0.4 is 10.1 Å². The second kappa shape index (κ2) is 4.40. The third-order valence-electron chi connectivity index (χ3n) is 3.05. The standard InChI is InChI=1S/C14H19NO2/c1-8(2)10-5-6-11-14(13(10)9(3)4)17-7-12(16)15-11/h5-6,8-9H,7H2,1-4H3,(H,15,16). The van der Waals surface area contributed by atoms with E-state index in [1.54, 1.807) is 0 Å². The maximum absolute atomic E-state index is 11.3. The van der Waals surface area contributed by atoms with Crippen LogP contribution in [0.1, 0.15) is 50.7 Å². The van der Waals surface area contributed by atoms with Crippen molar-refractivity contribution in [1.29, 1.82) is 0 Å². The van der Waals surface area contributed by atoms with E-state index in [1.807, 2.05) is 6.07 Å². The van der Waals surface area contributed by atoms with Crippen molar-refractivity contribution in [3.8, 4) is 5.75 Å². The highest BCUT2D eigenvalue weighted by molar-refractivity contribution is 5.95. The first-order valence-electron chi connectivity index (χ1n) is 6.10. The molecule has 2 rings (SSSR count). The summed E-state index contributed by atoms with van der Waals surface area (Å²) >= 11 is 0. The van der Waals surface area contributed by atoms with Crippen LogP contribution in [0.15, 0.2) is 12.1 Å². The minimum Gasteiger partial charge on any atom is -0.481 e. The maximum Gasteiger partial charge on any atom is 0.262 e. The molecule has 1 aliphatic heterocycles. The van der Waals surface area contributed by atoms with E-state index in [9.17, 15) is 4.79 Å². The highest BCUT2D eigenvalue weighted by Crippen LogP contribution is 2.40. The lowest BCUT2D eigenvalue weighted by atomic mass is 9.89. The van der Waals surface area contributed by atoms with E-state index in [1.165, 1.54) is 11.1 Å². The quantitative estimate of drug-likeness (QED) is 0.851. The number of ether oxygens (including phenoxy) is 1. The number of amides is 1. The first kappa shape index (κ1) is 12.0. The van der Waals surface area contributed by atoms with Gasteiger partial charge in [-0.05, 0) is 23.5 Å². The lowest BCUT2D eigenvalue weighted by Gasteiger charge is -2.26. The minimum atomic E-state index is -0.0792. The molecule has 0 aliphatic carbocycles. The fourth-order valence-corrected chi connectivity index (χ4v) is 2.29. The Labute approximate surface area is 102 Å². The van der Waals surface area contributed by atoms with Crippen LogP contribution >= 0.6 is 0 Å². The molecule has 17 heavy (non-hydrogen) atoms. The Kier molecular flexibility index (Phi) is 3.09. The summed E-state index contributed by atoms with van der Waals surface area (Å²) in [5.41, 5.74) is 3.32. The van der Waals surface area contributed by atoms with Gasteiger partial charge in [0.15, 0.2) is 6.61 Å². The van der Waals surface area contributed by atoms with E-state index in [0.717, 1.165) is 11.4 Å². The van der Waals surface area contributed by atoms with Crippen LogP contribution in [0.2, 0.25) is 0 Å². The highest BCUT2D eigenvalue weighted by Gasteiger charge is 2.23. The van der Waals surface area contributed by atoms with Crippen molar-refractivity contribution in [3.05, 3.63) is 23.3 Å². The molecule has 92 valence electrons. The van der Waals surface area contributed by atoms with Gasteiger partial charge >= 0.3 is 0 Å². The molecule has 0 saturated carbocycles. The zero-order valence-corrected chi connectivity index (χ0v) is 10.8. The summed E-state index contributed by atoms with van der Waals surface area (Å²) < 4.78 is 5.61. The molecule has 0 unspecified atom stereocenters. The first-order chi connectivity index (χ1) is 8.00. The van der Waals surface area contributed by atoms with E-state index < -0.39 is 0 Å². The van der Waals surface area contributed by atoms with Gasteiger partial charge in [-0.25, -0.2) is 0 Å². The largest absolute Gasteiger partial charge is 0.481 e. The maximum atomic E-state index is 11.3. The average Bonchev–Trinajstić information content (AvgIpc) is 2.26. The molecule has 1 aromatic carbocycles. The first-order valence-corrected chi connectivity index (χ1v) is 6.10. The van der Waals surface area contributed by atoms with Gasteiger partial charge < -0.3 is 10.1 Å². The third-order valence-corrected chi connectivity index (χ3v) is 3.05. The van der Waals surface area contributed by atoms with E-state index >= 15 is 0 Å². The van der Waals surface area contributed by atoms with Crippen LogP contribution in [0.25, 0.3) is 0 Å². The molecule has 0 bridgehead atoms. The van der Waals surface area contributed by atoms with Gasteiger partial charge in [0.1, 0.15) is 5.75 Å². The van der Waals surface area contributed by atoms with Gasteiger partial charge in [-0.15, -0.1) is 0 Å². The Bertz CT molecular complexity index is 450. The van der Waals surface area contributed by atoms with Crippen molar-refractivity contribution < 1.29 is 9.53 Å². The molecule has 0 radical (unpaired) electrons. The van der Waals surface area contributed by atoms with Crippen molar-refractivity contribution in [1.82, 2.24) is 0 Å². The summed E-state index contributed by atoms with van der Waals surface area (Å²) in [6, 6.07) is 4.03. The van der Waals surface area contributed by atoms with E-state index in [2.05, 4.69) is 39.1 Å². The van der Waals surface area contributed by atoms with Crippen molar-refractivity contribution in [3.63, 3.8) is 0 Å². The van der Waals surface area contributed by atoms with Crippen molar-refractivity contribution in [2.75, 3.05) is 11.9 Å². The Morgan fingerprint density at radius 1 is 1.18 bits per heavy atom. The van der Waals surface area contributed by atoms with Gasteiger partial charge in [-0.2, -0.15) is 0 Å². The Hall–Kier alpha value is -1.51. The number of carbonyl (C=O) groups excluding carboxylic acids is 1. The number of benzene rings is 1. The molecule has 1 aliphatic rings. The van der Waals surface area contributed by atoms with Gasteiger partial charge in [0.25, 0.3) is 5.91 Å². The molecule has 0 fully saturated rings. The van der Waals surface area contributed by atoms with Crippen LogP contribution in [0.5, 0.6) is 5.75 Å². The Morgan fingerprint density at radius 2 is 1.88 bits per heavy atom. The highest BCUT2D eigenvalue weighted by atomic mass is 16.5. The Morgan fingerprint density at radius 3 is 2.47 bits per heavy atom. The number of nitrogens with one attached hydrogen (secondary N) is 1. The molecule has 1 amide bonds. The van der Waals surface area contributed by atoms with E-state index in [4.69, 9.17) is 4.74 Å². The predicted octanol–water partition coefficient (Wildman–Crippen LogP) is 3.26. The number of anilines is 1. The van der Waals surface area contributed by atoms with Gasteiger partial charge in [-0.3, -0.25) is 4.79 Å². The summed E-state index contributed by atoms with van der Waals surface area (Å²) in [5, 5.41) is 2.86. The summed E-state index contributed by atoms with van der Waals surface area (Å²) in [6.07, 6.45) is 0. The zero-order valence-electron chi connectivity index (χ0n) is 10.8. The van der Waals surface area contributed by atoms with Crippen LogP contribution in [0.4, 0.5) is 5.69 Å². The molecule has 1 heterocycles. The van der Waals surface area contributed by atoms with E-state index in [-0.39, 0.29) is 12.5 Å². The van der Waals surface area contributed by atoms with Crippen molar-refractivity contribution in [2.45, 2.75) is 39.5 Å². The van der Waals surface area contributed by atoms with Crippen LogP contribution in [-0.4, -0.2) is 12.5 Å². The molecule has 0 spiro atoms.